The lowest BCUT2D eigenvalue weighted by atomic mass is 9.74. The number of methoxy groups -OCH3 is 1. The number of hydrogen-bond acceptors (Lipinski definition) is 3. The first kappa shape index (κ1) is 23.6. The van der Waals surface area contributed by atoms with Gasteiger partial charge in [-0.2, -0.15) is 0 Å². The van der Waals surface area contributed by atoms with Crippen molar-refractivity contribution in [3.8, 4) is 11.5 Å². The lowest BCUT2D eigenvalue weighted by Gasteiger charge is -2.29. The van der Waals surface area contributed by atoms with Gasteiger partial charge in [0, 0.05) is 18.8 Å². The quantitative estimate of drug-likeness (QED) is 0.361. The van der Waals surface area contributed by atoms with Crippen molar-refractivity contribution in [3.63, 3.8) is 0 Å². The molecule has 2 N–H and O–H groups in total. The van der Waals surface area contributed by atoms with Gasteiger partial charge in [-0.1, -0.05) is 84.9 Å². The second-order valence-electron chi connectivity index (χ2n) is 7.66. The standard InChI is InChI=1S/C27H24O2.C2H4O2/c1-29-25-18-14-23(15-19-25)27(22-12-16-24(28)17-13-22)26(20-8-4-2-5-9-20)21-10-6-3-7-11-21;1-2(3)4/h2-19,26-28H,1H3;1H3,(H,3,4). The number of aromatic hydroxyl groups is 1. The average molecular weight is 441 g/mol. The molecular formula is C29H28O4. The van der Waals surface area contributed by atoms with Crippen molar-refractivity contribution in [2.45, 2.75) is 18.8 Å². The third kappa shape index (κ3) is 6.47. The molecule has 168 valence electrons. The number of phenols is 1. The number of benzene rings is 4. The van der Waals surface area contributed by atoms with Crippen LogP contribution in [-0.2, 0) is 4.79 Å². The third-order valence-corrected chi connectivity index (χ3v) is 5.38. The smallest absolute Gasteiger partial charge is 0.300 e. The maximum absolute atomic E-state index is 9.83. The largest absolute Gasteiger partial charge is 0.508 e. The second kappa shape index (κ2) is 11.5. The maximum Gasteiger partial charge on any atom is 0.300 e. The second-order valence-corrected chi connectivity index (χ2v) is 7.66. The third-order valence-electron chi connectivity index (χ3n) is 5.38. The lowest BCUT2D eigenvalue weighted by Crippen LogP contribution is -2.14. The van der Waals surface area contributed by atoms with Gasteiger partial charge < -0.3 is 14.9 Å². The normalized spacial score (nSPS) is 11.2. The van der Waals surface area contributed by atoms with E-state index in [0.29, 0.717) is 0 Å². The Balaban J connectivity index is 0.000000709. The summed E-state index contributed by atoms with van der Waals surface area (Å²) in [7, 11) is 1.68. The van der Waals surface area contributed by atoms with Crippen molar-refractivity contribution in [1.82, 2.24) is 0 Å². The summed E-state index contributed by atoms with van der Waals surface area (Å²) in [6.45, 7) is 1.08. The lowest BCUT2D eigenvalue weighted by molar-refractivity contribution is -0.134. The number of phenolic OH excluding ortho intramolecular Hbond substituents is 1. The summed E-state index contributed by atoms with van der Waals surface area (Å²) < 4.78 is 5.37. The highest BCUT2D eigenvalue weighted by atomic mass is 16.5. The van der Waals surface area contributed by atoms with E-state index >= 15 is 0 Å². The van der Waals surface area contributed by atoms with Crippen molar-refractivity contribution in [1.29, 1.82) is 0 Å². The molecule has 0 fully saturated rings. The first-order chi connectivity index (χ1) is 16.0. The van der Waals surface area contributed by atoms with Crippen LogP contribution in [-0.4, -0.2) is 23.3 Å². The Morgan fingerprint density at radius 2 is 0.970 bits per heavy atom. The molecule has 0 aliphatic carbocycles. The zero-order valence-corrected chi connectivity index (χ0v) is 18.8. The fraction of sp³-hybridized carbons (Fsp3) is 0.138. The van der Waals surface area contributed by atoms with Crippen LogP contribution in [0.2, 0.25) is 0 Å². The fourth-order valence-corrected chi connectivity index (χ4v) is 3.97. The van der Waals surface area contributed by atoms with Crippen LogP contribution in [0.3, 0.4) is 0 Å². The van der Waals surface area contributed by atoms with Gasteiger partial charge in [0.2, 0.25) is 0 Å². The van der Waals surface area contributed by atoms with Gasteiger partial charge in [0.1, 0.15) is 11.5 Å². The molecule has 0 spiro atoms. The van der Waals surface area contributed by atoms with Crippen molar-refractivity contribution in [2.75, 3.05) is 7.11 Å². The molecule has 0 aliphatic heterocycles. The Kier molecular flexibility index (Phi) is 8.25. The van der Waals surface area contributed by atoms with E-state index < -0.39 is 5.97 Å². The zero-order valence-electron chi connectivity index (χ0n) is 18.8. The number of hydrogen-bond donors (Lipinski definition) is 2. The fourth-order valence-electron chi connectivity index (χ4n) is 3.97. The van der Waals surface area contributed by atoms with Crippen LogP contribution in [0.4, 0.5) is 0 Å². The molecule has 0 saturated carbocycles. The Morgan fingerprint density at radius 1 is 0.636 bits per heavy atom. The number of carboxylic acid groups (broad SMARTS) is 1. The number of carbonyl (C=O) groups is 1. The first-order valence-electron chi connectivity index (χ1n) is 10.7. The zero-order chi connectivity index (χ0) is 23.6. The Bertz CT molecular complexity index is 1080. The van der Waals surface area contributed by atoms with Gasteiger partial charge in [-0.05, 0) is 46.5 Å². The molecule has 4 rings (SSSR count). The minimum absolute atomic E-state index is 0.0892. The van der Waals surface area contributed by atoms with Crippen LogP contribution < -0.4 is 4.74 Å². The molecule has 33 heavy (non-hydrogen) atoms. The van der Waals surface area contributed by atoms with Crippen LogP contribution in [0.1, 0.15) is 41.0 Å². The summed E-state index contributed by atoms with van der Waals surface area (Å²) in [6, 6.07) is 37.1. The maximum atomic E-state index is 9.83. The van der Waals surface area contributed by atoms with Crippen molar-refractivity contribution in [3.05, 3.63) is 131 Å². The highest BCUT2D eigenvalue weighted by molar-refractivity contribution is 5.63. The van der Waals surface area contributed by atoms with Crippen molar-refractivity contribution in [2.24, 2.45) is 0 Å². The molecule has 0 amide bonds. The van der Waals surface area contributed by atoms with E-state index in [-0.39, 0.29) is 17.6 Å². The summed E-state index contributed by atoms with van der Waals surface area (Å²) in [6.07, 6.45) is 0. The van der Waals surface area contributed by atoms with Gasteiger partial charge in [0.15, 0.2) is 0 Å². The highest BCUT2D eigenvalue weighted by Gasteiger charge is 2.28. The molecule has 4 nitrogen and oxygen atoms in total. The van der Waals surface area contributed by atoms with E-state index in [4.69, 9.17) is 14.6 Å². The van der Waals surface area contributed by atoms with Gasteiger partial charge in [-0.15, -0.1) is 0 Å². The number of rotatable bonds is 6. The number of aliphatic carboxylic acids is 1. The molecule has 0 radical (unpaired) electrons. The Morgan fingerprint density at radius 3 is 1.33 bits per heavy atom. The van der Waals surface area contributed by atoms with Crippen molar-refractivity contribution >= 4 is 5.97 Å². The molecular weight excluding hydrogens is 412 g/mol. The predicted molar refractivity (Wildman–Crippen MR) is 131 cm³/mol. The minimum Gasteiger partial charge on any atom is -0.508 e. The molecule has 0 aliphatic rings. The summed E-state index contributed by atoms with van der Waals surface area (Å²) in [5.41, 5.74) is 4.88. The number of ether oxygens (including phenoxy) is 1. The average Bonchev–Trinajstić information content (AvgIpc) is 2.84. The molecule has 1 atom stereocenters. The van der Waals surface area contributed by atoms with Gasteiger partial charge in [-0.25, -0.2) is 0 Å². The Labute approximate surface area is 194 Å². The van der Waals surface area contributed by atoms with Crippen molar-refractivity contribution < 1.29 is 19.7 Å². The molecule has 4 aromatic carbocycles. The number of carboxylic acids is 1. The monoisotopic (exact) mass is 440 g/mol. The van der Waals surface area contributed by atoms with Crippen LogP contribution in [0, 0.1) is 0 Å². The molecule has 0 saturated heterocycles. The SMILES string of the molecule is CC(=O)O.COc1ccc(C(c2ccc(O)cc2)C(c2ccccc2)c2ccccc2)cc1. The van der Waals surface area contributed by atoms with E-state index in [1.54, 1.807) is 19.2 Å². The van der Waals surface area contributed by atoms with Crippen LogP contribution in [0.25, 0.3) is 0 Å². The van der Waals surface area contributed by atoms with E-state index in [1.807, 2.05) is 24.3 Å². The van der Waals surface area contributed by atoms with Gasteiger partial charge in [-0.3, -0.25) is 4.79 Å². The van der Waals surface area contributed by atoms with Gasteiger partial charge in [0.25, 0.3) is 5.97 Å². The van der Waals surface area contributed by atoms with Gasteiger partial charge >= 0.3 is 0 Å². The summed E-state index contributed by atoms with van der Waals surface area (Å²) in [4.78, 5) is 9.00. The van der Waals surface area contributed by atoms with Crippen LogP contribution in [0.5, 0.6) is 11.5 Å². The topological polar surface area (TPSA) is 66.8 Å². The molecule has 0 heterocycles. The summed E-state index contributed by atoms with van der Waals surface area (Å²) in [5.74, 6) is 0.508. The minimum atomic E-state index is -0.833. The summed E-state index contributed by atoms with van der Waals surface area (Å²) in [5, 5.41) is 17.3. The molecule has 4 aromatic rings. The van der Waals surface area contributed by atoms with Crippen LogP contribution in [0.15, 0.2) is 109 Å². The van der Waals surface area contributed by atoms with E-state index in [9.17, 15) is 5.11 Å². The molecule has 4 heteroatoms. The van der Waals surface area contributed by atoms with E-state index in [2.05, 4.69) is 72.8 Å². The van der Waals surface area contributed by atoms with Gasteiger partial charge in [0.05, 0.1) is 7.11 Å². The van der Waals surface area contributed by atoms with E-state index in [0.717, 1.165) is 18.2 Å². The first-order valence-corrected chi connectivity index (χ1v) is 10.7. The van der Waals surface area contributed by atoms with Crippen LogP contribution >= 0.6 is 0 Å². The molecule has 1 unspecified atom stereocenters. The highest BCUT2D eigenvalue weighted by Crippen LogP contribution is 2.43. The molecule has 0 aromatic heterocycles. The summed E-state index contributed by atoms with van der Waals surface area (Å²) >= 11 is 0. The van der Waals surface area contributed by atoms with E-state index in [1.165, 1.54) is 16.7 Å². The predicted octanol–water partition coefficient (Wildman–Crippen LogP) is 6.46. The molecule has 0 bridgehead atoms. The Hall–Kier alpha value is -4.05.